The van der Waals surface area contributed by atoms with Crippen LogP contribution in [0.5, 0.6) is 0 Å². The summed E-state index contributed by atoms with van der Waals surface area (Å²) in [7, 11) is 0. The number of rotatable bonds is 4. The van der Waals surface area contributed by atoms with Gasteiger partial charge in [-0.15, -0.1) is 0 Å². The van der Waals surface area contributed by atoms with Crippen LogP contribution in [-0.2, 0) is 16.8 Å². The number of nitrogens with zero attached hydrogens (tertiary/aromatic N) is 1. The molecule has 1 atom stereocenters. The first-order valence-electron chi connectivity index (χ1n) is 6.26. The Kier molecular flexibility index (Phi) is 3.96. The first kappa shape index (κ1) is 14.7. The Morgan fingerprint density at radius 2 is 2.05 bits per heavy atom. The number of aromatic carboxylic acids is 1. The van der Waals surface area contributed by atoms with Crippen molar-refractivity contribution in [1.29, 1.82) is 0 Å². The average molecular weight is 295 g/mol. The van der Waals surface area contributed by atoms with Crippen LogP contribution in [0, 0.1) is 6.92 Å². The zero-order valence-electron chi connectivity index (χ0n) is 11.6. The number of carboxylic acids is 1. The molecule has 1 unspecified atom stereocenters. The van der Waals surface area contributed by atoms with Crippen molar-refractivity contribution in [3.8, 4) is 0 Å². The largest absolute Gasteiger partial charge is 0.478 e. The van der Waals surface area contributed by atoms with Gasteiger partial charge in [-0.1, -0.05) is 0 Å². The molecule has 0 aliphatic heterocycles. The van der Waals surface area contributed by atoms with E-state index in [1.165, 1.54) is 6.07 Å². The average Bonchev–Trinajstić information content (AvgIpc) is 2.65. The van der Waals surface area contributed by atoms with Crippen molar-refractivity contribution < 1.29 is 18.7 Å². The molecule has 0 spiro atoms. The Hall–Kier alpha value is -1.66. The van der Waals surface area contributed by atoms with Crippen molar-refractivity contribution in [2.24, 2.45) is 0 Å². The van der Waals surface area contributed by atoms with E-state index >= 15 is 0 Å². The molecular weight excluding hydrogens is 278 g/mol. The standard InChI is InChI=1S/C14H17NO4S/c1-8(2)15-6-9(3)13-11(14(16)17)4-10(5-12(13)15)7-20(18)19/h4-6,8H,7H2,1-3H3,(H,16,17)(H,18,19). The zero-order chi connectivity index (χ0) is 15.0. The monoisotopic (exact) mass is 295 g/mol. The van der Waals surface area contributed by atoms with Crippen molar-refractivity contribution in [2.45, 2.75) is 32.6 Å². The number of hydrogen-bond donors (Lipinski definition) is 2. The summed E-state index contributed by atoms with van der Waals surface area (Å²) in [5.41, 5.74) is 2.41. The van der Waals surface area contributed by atoms with Gasteiger partial charge in [0, 0.05) is 23.1 Å². The van der Waals surface area contributed by atoms with Crippen molar-refractivity contribution in [3.63, 3.8) is 0 Å². The minimum atomic E-state index is -1.99. The van der Waals surface area contributed by atoms with E-state index in [1.807, 2.05) is 31.5 Å². The summed E-state index contributed by atoms with van der Waals surface area (Å²) in [6, 6.07) is 3.46. The van der Waals surface area contributed by atoms with Gasteiger partial charge >= 0.3 is 5.97 Å². The Bertz CT molecular complexity index is 703. The fraction of sp³-hybridized carbons (Fsp3) is 0.357. The smallest absolute Gasteiger partial charge is 0.336 e. The highest BCUT2D eigenvalue weighted by molar-refractivity contribution is 7.78. The molecule has 1 aromatic heterocycles. The molecule has 0 fully saturated rings. The van der Waals surface area contributed by atoms with Crippen LogP contribution in [-0.4, -0.2) is 24.4 Å². The molecule has 2 N–H and O–H groups in total. The number of aryl methyl sites for hydroxylation is 1. The second-order valence-corrected chi connectivity index (χ2v) is 6.05. The Balaban J connectivity index is 2.80. The predicted octanol–water partition coefficient (Wildman–Crippen LogP) is 2.95. The van der Waals surface area contributed by atoms with Gasteiger partial charge in [0.15, 0.2) is 11.1 Å². The molecule has 0 radical (unpaired) electrons. The summed E-state index contributed by atoms with van der Waals surface area (Å²) in [5, 5.41) is 10.1. The van der Waals surface area contributed by atoms with Gasteiger partial charge in [0.1, 0.15) is 0 Å². The van der Waals surface area contributed by atoms with E-state index in [-0.39, 0.29) is 17.4 Å². The molecule has 20 heavy (non-hydrogen) atoms. The normalized spacial score (nSPS) is 13.1. The SMILES string of the molecule is Cc1cn(C(C)C)c2cc(CS(=O)O)cc(C(=O)O)c12. The van der Waals surface area contributed by atoms with E-state index in [4.69, 9.17) is 4.55 Å². The summed E-state index contributed by atoms with van der Waals surface area (Å²) in [6.07, 6.45) is 1.92. The fourth-order valence-corrected chi connectivity index (χ4v) is 2.92. The third-order valence-electron chi connectivity index (χ3n) is 3.26. The van der Waals surface area contributed by atoms with Crippen molar-refractivity contribution in [1.82, 2.24) is 4.57 Å². The molecule has 0 saturated carbocycles. The van der Waals surface area contributed by atoms with Crippen LogP contribution < -0.4 is 0 Å². The van der Waals surface area contributed by atoms with Crippen LogP contribution in [0.15, 0.2) is 18.3 Å². The number of carbonyl (C=O) groups is 1. The lowest BCUT2D eigenvalue weighted by atomic mass is 10.0. The van der Waals surface area contributed by atoms with Gasteiger partial charge in [-0.25, -0.2) is 9.00 Å². The summed E-state index contributed by atoms with van der Waals surface area (Å²) in [4.78, 5) is 11.4. The zero-order valence-corrected chi connectivity index (χ0v) is 12.4. The molecule has 1 aromatic carbocycles. The highest BCUT2D eigenvalue weighted by atomic mass is 32.2. The van der Waals surface area contributed by atoms with E-state index in [0.29, 0.717) is 10.9 Å². The molecule has 0 aliphatic carbocycles. The third-order valence-corrected chi connectivity index (χ3v) is 3.84. The minimum Gasteiger partial charge on any atom is -0.478 e. The third kappa shape index (κ3) is 2.62. The topological polar surface area (TPSA) is 79.5 Å². The van der Waals surface area contributed by atoms with Gasteiger partial charge < -0.3 is 14.2 Å². The van der Waals surface area contributed by atoms with E-state index in [2.05, 4.69) is 0 Å². The van der Waals surface area contributed by atoms with Gasteiger partial charge in [-0.05, 0) is 44.0 Å². The number of benzene rings is 1. The maximum Gasteiger partial charge on any atom is 0.336 e. The maximum absolute atomic E-state index is 11.4. The predicted molar refractivity (Wildman–Crippen MR) is 78.5 cm³/mol. The molecule has 1 heterocycles. The van der Waals surface area contributed by atoms with Crippen molar-refractivity contribution >= 4 is 28.0 Å². The van der Waals surface area contributed by atoms with Crippen LogP contribution >= 0.6 is 0 Å². The molecule has 0 aliphatic rings. The first-order chi connectivity index (χ1) is 9.31. The van der Waals surface area contributed by atoms with Crippen LogP contribution in [0.25, 0.3) is 10.9 Å². The van der Waals surface area contributed by atoms with Crippen molar-refractivity contribution in [2.75, 3.05) is 0 Å². The molecule has 108 valence electrons. The first-order valence-corrected chi connectivity index (χ1v) is 7.53. The number of carboxylic acid groups (broad SMARTS) is 1. The van der Waals surface area contributed by atoms with Crippen LogP contribution in [0.4, 0.5) is 0 Å². The van der Waals surface area contributed by atoms with E-state index in [1.54, 1.807) is 6.07 Å². The van der Waals surface area contributed by atoms with Gasteiger partial charge in [-0.2, -0.15) is 0 Å². The van der Waals surface area contributed by atoms with Crippen LogP contribution in [0.2, 0.25) is 0 Å². The quantitative estimate of drug-likeness (QED) is 0.850. The van der Waals surface area contributed by atoms with E-state index < -0.39 is 17.0 Å². The van der Waals surface area contributed by atoms with Crippen molar-refractivity contribution in [3.05, 3.63) is 35.0 Å². The van der Waals surface area contributed by atoms with Gasteiger partial charge in [0.2, 0.25) is 0 Å². The fourth-order valence-electron chi connectivity index (χ4n) is 2.47. The number of aromatic nitrogens is 1. The van der Waals surface area contributed by atoms with E-state index in [0.717, 1.165) is 11.1 Å². The van der Waals surface area contributed by atoms with Gasteiger partial charge in [0.25, 0.3) is 0 Å². The summed E-state index contributed by atoms with van der Waals surface area (Å²) >= 11 is -1.99. The van der Waals surface area contributed by atoms with Crippen LogP contribution in [0.3, 0.4) is 0 Å². The summed E-state index contributed by atoms with van der Waals surface area (Å²) in [6.45, 7) is 5.89. The maximum atomic E-state index is 11.4. The lowest BCUT2D eigenvalue weighted by molar-refractivity contribution is 0.0699. The Morgan fingerprint density at radius 3 is 2.55 bits per heavy atom. The highest BCUT2D eigenvalue weighted by Gasteiger charge is 2.17. The Labute approximate surface area is 119 Å². The molecule has 5 nitrogen and oxygen atoms in total. The second-order valence-electron chi connectivity index (χ2n) is 5.12. The molecule has 0 saturated heterocycles. The lowest BCUT2D eigenvalue weighted by Crippen LogP contribution is -2.03. The lowest BCUT2D eigenvalue weighted by Gasteiger charge is -2.11. The minimum absolute atomic E-state index is 0.0709. The van der Waals surface area contributed by atoms with Gasteiger partial charge in [0.05, 0.1) is 11.3 Å². The molecular formula is C14H17NO4S. The number of hydrogen-bond acceptors (Lipinski definition) is 2. The molecule has 0 amide bonds. The Morgan fingerprint density at radius 1 is 1.40 bits per heavy atom. The highest BCUT2D eigenvalue weighted by Crippen LogP contribution is 2.29. The van der Waals surface area contributed by atoms with Gasteiger partial charge in [-0.3, -0.25) is 0 Å². The number of fused-ring (bicyclic) bond motifs is 1. The molecule has 6 heteroatoms. The van der Waals surface area contributed by atoms with Crippen LogP contribution in [0.1, 0.15) is 41.4 Å². The van der Waals surface area contributed by atoms with E-state index in [9.17, 15) is 14.1 Å². The summed E-state index contributed by atoms with van der Waals surface area (Å²) < 4.78 is 22.0. The molecule has 2 rings (SSSR count). The molecule has 2 aromatic rings. The second kappa shape index (κ2) is 5.38. The summed E-state index contributed by atoms with van der Waals surface area (Å²) in [5.74, 6) is -1.09. The molecule has 0 bridgehead atoms.